The maximum atomic E-state index is 5.60. The van der Waals surface area contributed by atoms with E-state index in [9.17, 15) is 0 Å². The van der Waals surface area contributed by atoms with Crippen molar-refractivity contribution in [1.82, 2.24) is 4.90 Å². The van der Waals surface area contributed by atoms with Crippen LogP contribution in [-0.2, 0) is 4.74 Å². The van der Waals surface area contributed by atoms with E-state index in [1.54, 1.807) is 0 Å². The summed E-state index contributed by atoms with van der Waals surface area (Å²) >= 11 is 4.98. The van der Waals surface area contributed by atoms with Gasteiger partial charge in [-0.15, -0.1) is 0 Å². The number of nitrogens with two attached hydrogens (primary N) is 1. The summed E-state index contributed by atoms with van der Waals surface area (Å²) in [5.41, 5.74) is 6.00. The summed E-state index contributed by atoms with van der Waals surface area (Å²) < 4.78 is 5.33. The summed E-state index contributed by atoms with van der Waals surface area (Å²) in [7, 11) is 2.14. The lowest BCUT2D eigenvalue weighted by Crippen LogP contribution is -2.31. The summed E-state index contributed by atoms with van der Waals surface area (Å²) in [5.74, 6) is 0. The summed E-state index contributed by atoms with van der Waals surface area (Å²) in [4.78, 5) is 2.98. The molecule has 15 heavy (non-hydrogen) atoms. The van der Waals surface area contributed by atoms with Crippen molar-refractivity contribution in [2.75, 3.05) is 33.4 Å². The second-order valence-corrected chi connectivity index (χ2v) is 5.10. The van der Waals surface area contributed by atoms with Crippen LogP contribution in [0.15, 0.2) is 0 Å². The van der Waals surface area contributed by atoms with Crippen LogP contribution in [0.25, 0.3) is 0 Å². The Balaban J connectivity index is 2.19. The number of nitrogens with zero attached hydrogens (tertiary/aromatic N) is 1. The molecule has 1 aliphatic rings. The molecule has 0 saturated heterocycles. The van der Waals surface area contributed by atoms with E-state index in [4.69, 9.17) is 22.7 Å². The number of thiocarbonyl (C=S) groups is 1. The number of ether oxygens (including phenoxy) is 1. The maximum Gasteiger partial charge on any atom is 0.0733 e. The van der Waals surface area contributed by atoms with E-state index in [1.165, 1.54) is 12.8 Å². The van der Waals surface area contributed by atoms with E-state index in [1.807, 2.05) is 6.92 Å². The van der Waals surface area contributed by atoms with Gasteiger partial charge in [-0.2, -0.15) is 0 Å². The van der Waals surface area contributed by atoms with E-state index in [2.05, 4.69) is 11.9 Å². The first-order chi connectivity index (χ1) is 7.08. The zero-order chi connectivity index (χ0) is 11.3. The Hall–Kier alpha value is -0.190. The minimum Gasteiger partial charge on any atom is -0.393 e. The van der Waals surface area contributed by atoms with E-state index in [0.29, 0.717) is 10.4 Å². The maximum absolute atomic E-state index is 5.60. The molecule has 1 saturated carbocycles. The van der Waals surface area contributed by atoms with Gasteiger partial charge in [-0.25, -0.2) is 0 Å². The molecule has 0 aromatic heterocycles. The molecule has 0 amide bonds. The highest BCUT2D eigenvalue weighted by Crippen LogP contribution is 2.49. The van der Waals surface area contributed by atoms with Crippen LogP contribution >= 0.6 is 12.2 Å². The first kappa shape index (κ1) is 12.9. The van der Waals surface area contributed by atoms with Gasteiger partial charge in [0.05, 0.1) is 11.6 Å². The number of likely N-dealkylation sites (N-methyl/N-ethyl adjacent to an activating group) is 1. The number of hydrogen-bond donors (Lipinski definition) is 1. The van der Waals surface area contributed by atoms with Gasteiger partial charge in [0.1, 0.15) is 0 Å². The van der Waals surface area contributed by atoms with E-state index in [-0.39, 0.29) is 0 Å². The summed E-state index contributed by atoms with van der Waals surface area (Å²) in [6.45, 7) is 5.72. The first-order valence-electron chi connectivity index (χ1n) is 5.62. The fourth-order valence-electron chi connectivity index (χ4n) is 1.95. The van der Waals surface area contributed by atoms with Gasteiger partial charge in [0.15, 0.2) is 0 Å². The normalized spacial score (nSPS) is 18.1. The molecular formula is C11H22N2OS. The van der Waals surface area contributed by atoms with Crippen molar-refractivity contribution in [2.24, 2.45) is 11.1 Å². The summed E-state index contributed by atoms with van der Waals surface area (Å²) in [5, 5.41) is 0. The molecule has 0 bridgehead atoms. The lowest BCUT2D eigenvalue weighted by molar-refractivity contribution is 0.115. The molecule has 0 heterocycles. The Labute approximate surface area is 98.0 Å². The van der Waals surface area contributed by atoms with E-state index < -0.39 is 0 Å². The average Bonchev–Trinajstić information content (AvgIpc) is 2.83. The predicted octanol–water partition coefficient (Wildman–Crippen LogP) is 1.41. The number of rotatable bonds is 8. The minimum atomic E-state index is 0.396. The highest BCUT2D eigenvalue weighted by Gasteiger charge is 2.43. The van der Waals surface area contributed by atoms with Crippen LogP contribution < -0.4 is 5.73 Å². The molecule has 0 radical (unpaired) electrons. The molecular weight excluding hydrogens is 208 g/mol. The largest absolute Gasteiger partial charge is 0.393 e. The van der Waals surface area contributed by atoms with Crippen molar-refractivity contribution >= 4 is 17.2 Å². The van der Waals surface area contributed by atoms with Crippen LogP contribution in [0.2, 0.25) is 0 Å². The van der Waals surface area contributed by atoms with Gasteiger partial charge < -0.3 is 15.4 Å². The molecule has 1 fully saturated rings. The Morgan fingerprint density at radius 2 is 2.20 bits per heavy atom. The Morgan fingerprint density at radius 3 is 2.67 bits per heavy atom. The third kappa shape index (κ3) is 4.91. The fraction of sp³-hybridized carbons (Fsp3) is 0.909. The summed E-state index contributed by atoms with van der Waals surface area (Å²) in [6.07, 6.45) is 3.44. The van der Waals surface area contributed by atoms with Crippen LogP contribution in [-0.4, -0.2) is 43.2 Å². The fourth-order valence-corrected chi connectivity index (χ4v) is 2.26. The van der Waals surface area contributed by atoms with Gasteiger partial charge in [-0.05, 0) is 32.2 Å². The van der Waals surface area contributed by atoms with Gasteiger partial charge in [-0.3, -0.25) is 0 Å². The molecule has 0 spiro atoms. The van der Waals surface area contributed by atoms with Crippen molar-refractivity contribution in [1.29, 1.82) is 0 Å². The highest BCUT2D eigenvalue weighted by molar-refractivity contribution is 7.80. The Morgan fingerprint density at radius 1 is 1.53 bits per heavy atom. The third-order valence-electron chi connectivity index (χ3n) is 2.93. The molecule has 4 heteroatoms. The molecule has 2 N–H and O–H groups in total. The third-order valence-corrected chi connectivity index (χ3v) is 3.08. The van der Waals surface area contributed by atoms with E-state index >= 15 is 0 Å². The quantitative estimate of drug-likeness (QED) is 0.505. The lowest BCUT2D eigenvalue weighted by atomic mass is 10.0. The van der Waals surface area contributed by atoms with Crippen molar-refractivity contribution in [3.63, 3.8) is 0 Å². The van der Waals surface area contributed by atoms with Crippen LogP contribution in [0.3, 0.4) is 0 Å². The zero-order valence-electron chi connectivity index (χ0n) is 9.79. The highest BCUT2D eigenvalue weighted by atomic mass is 32.1. The van der Waals surface area contributed by atoms with Gasteiger partial charge >= 0.3 is 0 Å². The molecule has 1 rings (SSSR count). The van der Waals surface area contributed by atoms with Gasteiger partial charge in [0.2, 0.25) is 0 Å². The van der Waals surface area contributed by atoms with Crippen LogP contribution in [0.1, 0.15) is 26.2 Å². The van der Waals surface area contributed by atoms with Gasteiger partial charge in [0, 0.05) is 26.1 Å². The van der Waals surface area contributed by atoms with Crippen molar-refractivity contribution in [2.45, 2.75) is 26.2 Å². The SMILES string of the molecule is CCOCCN(C)CC1(CC(N)=S)CC1. The molecule has 0 unspecified atom stereocenters. The second kappa shape index (κ2) is 5.77. The minimum absolute atomic E-state index is 0.396. The second-order valence-electron chi connectivity index (χ2n) is 4.58. The molecule has 0 atom stereocenters. The van der Waals surface area contributed by atoms with Crippen molar-refractivity contribution in [3.8, 4) is 0 Å². The van der Waals surface area contributed by atoms with Crippen LogP contribution in [0.5, 0.6) is 0 Å². The summed E-state index contributed by atoms with van der Waals surface area (Å²) in [6, 6.07) is 0. The lowest BCUT2D eigenvalue weighted by Gasteiger charge is -2.23. The zero-order valence-corrected chi connectivity index (χ0v) is 10.6. The van der Waals surface area contributed by atoms with Gasteiger partial charge in [0.25, 0.3) is 0 Å². The predicted molar refractivity (Wildman–Crippen MR) is 67.1 cm³/mol. The molecule has 88 valence electrons. The topological polar surface area (TPSA) is 38.5 Å². The molecule has 1 aliphatic carbocycles. The monoisotopic (exact) mass is 230 g/mol. The molecule has 0 aliphatic heterocycles. The Kier molecular flexibility index (Phi) is 4.96. The van der Waals surface area contributed by atoms with Gasteiger partial charge in [-0.1, -0.05) is 12.2 Å². The van der Waals surface area contributed by atoms with Crippen molar-refractivity contribution in [3.05, 3.63) is 0 Å². The molecule has 0 aromatic carbocycles. The Bertz CT molecular complexity index is 217. The molecule has 3 nitrogen and oxygen atoms in total. The standard InChI is InChI=1S/C11H22N2OS/c1-3-14-7-6-13(2)9-11(4-5-11)8-10(12)15/h3-9H2,1-2H3,(H2,12,15). The van der Waals surface area contributed by atoms with Crippen LogP contribution in [0, 0.1) is 5.41 Å². The van der Waals surface area contributed by atoms with Crippen molar-refractivity contribution < 1.29 is 4.74 Å². The van der Waals surface area contributed by atoms with Crippen LogP contribution in [0.4, 0.5) is 0 Å². The number of hydrogen-bond acceptors (Lipinski definition) is 3. The smallest absolute Gasteiger partial charge is 0.0733 e. The first-order valence-corrected chi connectivity index (χ1v) is 6.03. The molecule has 0 aromatic rings. The van der Waals surface area contributed by atoms with E-state index in [0.717, 1.165) is 32.7 Å². The average molecular weight is 230 g/mol.